The van der Waals surface area contributed by atoms with Crippen molar-refractivity contribution in [3.8, 4) is 0 Å². The molecular weight excluding hydrogens is 239 g/mol. The molecule has 0 aliphatic carbocycles. The molecule has 0 radical (unpaired) electrons. The van der Waals surface area contributed by atoms with Crippen LogP contribution in [0.5, 0.6) is 0 Å². The largest absolute Gasteiger partial charge is 0.450 e. The fourth-order valence-electron chi connectivity index (χ4n) is 1.23. The molecule has 0 saturated heterocycles. The van der Waals surface area contributed by atoms with E-state index in [0.717, 1.165) is 0 Å². The van der Waals surface area contributed by atoms with Crippen molar-refractivity contribution in [2.45, 2.75) is 6.92 Å². The van der Waals surface area contributed by atoms with Crippen molar-refractivity contribution in [3.63, 3.8) is 0 Å². The van der Waals surface area contributed by atoms with Crippen LogP contribution in [0.2, 0.25) is 0 Å². The third-order valence-electron chi connectivity index (χ3n) is 2.06. The molecule has 0 spiro atoms. The smallest absolute Gasteiger partial charge is 0.407 e. The average molecular weight is 254 g/mol. The quantitative estimate of drug-likeness (QED) is 0.778. The Morgan fingerprint density at radius 1 is 1.17 bits per heavy atom. The van der Waals surface area contributed by atoms with Crippen LogP contribution in [-0.4, -0.2) is 31.7 Å². The van der Waals surface area contributed by atoms with Gasteiger partial charge in [-0.1, -0.05) is 0 Å². The zero-order valence-corrected chi connectivity index (χ0v) is 10.0. The molecule has 0 bridgehead atoms. The van der Waals surface area contributed by atoms with E-state index >= 15 is 0 Å². The highest BCUT2D eigenvalue weighted by Crippen LogP contribution is 2.01. The summed E-state index contributed by atoms with van der Waals surface area (Å²) in [4.78, 5) is 22.5. The Bertz CT molecular complexity index is 406. The zero-order valence-electron chi connectivity index (χ0n) is 10.0. The van der Waals surface area contributed by atoms with E-state index in [-0.39, 0.29) is 19.0 Å². The predicted octanol–water partition coefficient (Wildman–Crippen LogP) is 1.30. The van der Waals surface area contributed by atoms with Crippen molar-refractivity contribution in [2.24, 2.45) is 0 Å². The first-order chi connectivity index (χ1) is 8.63. The lowest BCUT2D eigenvalue weighted by atomic mass is 10.2. The molecule has 0 fully saturated rings. The molecular formula is C12H15FN2O3. The standard InChI is InChI=1S/C12H15FN2O3/c1-2-18-12(17)15-8-7-14-11(16)9-3-5-10(13)6-4-9/h3-6H,2,7-8H2,1H3,(H,14,16)(H,15,17). The maximum atomic E-state index is 12.6. The molecule has 1 rings (SSSR count). The van der Waals surface area contributed by atoms with E-state index in [9.17, 15) is 14.0 Å². The van der Waals surface area contributed by atoms with Crippen LogP contribution in [0, 0.1) is 5.82 Å². The van der Waals surface area contributed by atoms with Crippen LogP contribution in [0.15, 0.2) is 24.3 Å². The Balaban J connectivity index is 2.25. The first-order valence-corrected chi connectivity index (χ1v) is 5.58. The van der Waals surface area contributed by atoms with Gasteiger partial charge in [0.25, 0.3) is 5.91 Å². The summed E-state index contributed by atoms with van der Waals surface area (Å²) in [5.74, 6) is -0.712. The summed E-state index contributed by atoms with van der Waals surface area (Å²) in [6.45, 7) is 2.55. The lowest BCUT2D eigenvalue weighted by molar-refractivity contribution is 0.0952. The van der Waals surface area contributed by atoms with Crippen LogP contribution in [0.4, 0.5) is 9.18 Å². The van der Waals surface area contributed by atoms with E-state index in [0.29, 0.717) is 12.2 Å². The molecule has 18 heavy (non-hydrogen) atoms. The van der Waals surface area contributed by atoms with Crippen LogP contribution in [-0.2, 0) is 4.74 Å². The highest BCUT2D eigenvalue weighted by Gasteiger charge is 2.05. The van der Waals surface area contributed by atoms with Crippen LogP contribution < -0.4 is 10.6 Å². The summed E-state index contributed by atoms with van der Waals surface area (Å²) in [5.41, 5.74) is 0.368. The zero-order chi connectivity index (χ0) is 13.4. The summed E-state index contributed by atoms with van der Waals surface area (Å²) in [6, 6.07) is 5.21. The highest BCUT2D eigenvalue weighted by atomic mass is 19.1. The van der Waals surface area contributed by atoms with Crippen molar-refractivity contribution < 1.29 is 18.7 Å². The molecule has 5 nitrogen and oxygen atoms in total. The third-order valence-corrected chi connectivity index (χ3v) is 2.06. The number of rotatable bonds is 5. The van der Waals surface area contributed by atoms with Gasteiger partial charge in [-0.3, -0.25) is 4.79 Å². The summed E-state index contributed by atoms with van der Waals surface area (Å²) in [6.07, 6.45) is -0.520. The normalized spacial score (nSPS) is 9.67. The van der Waals surface area contributed by atoms with E-state index in [1.165, 1.54) is 24.3 Å². The summed E-state index contributed by atoms with van der Waals surface area (Å²) in [7, 11) is 0. The molecule has 0 unspecified atom stereocenters. The molecule has 0 saturated carbocycles. The number of nitrogens with one attached hydrogen (secondary N) is 2. The molecule has 0 aliphatic rings. The summed E-state index contributed by atoms with van der Waals surface area (Å²) < 4.78 is 17.3. The van der Waals surface area contributed by atoms with Crippen LogP contribution in [0.3, 0.4) is 0 Å². The molecule has 6 heteroatoms. The highest BCUT2D eigenvalue weighted by molar-refractivity contribution is 5.94. The summed E-state index contributed by atoms with van der Waals surface area (Å²) >= 11 is 0. The van der Waals surface area contributed by atoms with Crippen molar-refractivity contribution in [2.75, 3.05) is 19.7 Å². The van der Waals surface area contributed by atoms with Gasteiger partial charge in [-0.15, -0.1) is 0 Å². The average Bonchev–Trinajstić information content (AvgIpc) is 2.35. The second-order valence-electron chi connectivity index (χ2n) is 3.41. The number of hydrogen-bond donors (Lipinski definition) is 2. The van der Waals surface area contributed by atoms with E-state index in [4.69, 9.17) is 0 Å². The van der Waals surface area contributed by atoms with Crippen LogP contribution in [0.25, 0.3) is 0 Å². The number of ether oxygens (including phenoxy) is 1. The van der Waals surface area contributed by atoms with Gasteiger partial charge in [-0.05, 0) is 31.2 Å². The first-order valence-electron chi connectivity index (χ1n) is 5.58. The van der Waals surface area contributed by atoms with E-state index in [1.54, 1.807) is 6.92 Å². The van der Waals surface area contributed by atoms with Gasteiger partial charge in [0.1, 0.15) is 5.82 Å². The number of alkyl carbamates (subject to hydrolysis) is 1. The Morgan fingerprint density at radius 3 is 2.39 bits per heavy atom. The molecule has 2 amide bonds. The molecule has 1 aromatic carbocycles. The number of amides is 2. The predicted molar refractivity (Wildman–Crippen MR) is 63.8 cm³/mol. The second-order valence-corrected chi connectivity index (χ2v) is 3.41. The minimum absolute atomic E-state index is 0.270. The maximum Gasteiger partial charge on any atom is 0.407 e. The Hall–Kier alpha value is -2.11. The van der Waals surface area contributed by atoms with Crippen molar-refractivity contribution >= 4 is 12.0 Å². The van der Waals surface area contributed by atoms with Crippen LogP contribution in [0.1, 0.15) is 17.3 Å². The number of carbonyl (C=O) groups excluding carboxylic acids is 2. The molecule has 2 N–H and O–H groups in total. The van der Waals surface area contributed by atoms with Gasteiger partial charge in [0.05, 0.1) is 6.61 Å². The van der Waals surface area contributed by atoms with Gasteiger partial charge < -0.3 is 15.4 Å². The van der Waals surface area contributed by atoms with Crippen molar-refractivity contribution in [1.82, 2.24) is 10.6 Å². The number of halogens is 1. The fraction of sp³-hybridized carbons (Fsp3) is 0.333. The number of hydrogen-bond acceptors (Lipinski definition) is 3. The third kappa shape index (κ3) is 4.82. The number of carbonyl (C=O) groups is 2. The van der Waals surface area contributed by atoms with Crippen LogP contribution >= 0.6 is 0 Å². The molecule has 0 aliphatic heterocycles. The summed E-state index contributed by atoms with van der Waals surface area (Å²) in [5, 5.41) is 5.05. The fourth-order valence-corrected chi connectivity index (χ4v) is 1.23. The topological polar surface area (TPSA) is 67.4 Å². The van der Waals surface area contributed by atoms with Gasteiger partial charge in [-0.25, -0.2) is 9.18 Å². The molecule has 98 valence electrons. The first kappa shape index (κ1) is 14.0. The van der Waals surface area contributed by atoms with Gasteiger partial charge in [0, 0.05) is 18.7 Å². The van der Waals surface area contributed by atoms with E-state index in [1.807, 2.05) is 0 Å². The Labute approximate surface area is 104 Å². The van der Waals surface area contributed by atoms with E-state index in [2.05, 4.69) is 15.4 Å². The monoisotopic (exact) mass is 254 g/mol. The minimum atomic E-state index is -0.520. The molecule has 1 aromatic rings. The number of benzene rings is 1. The SMILES string of the molecule is CCOC(=O)NCCNC(=O)c1ccc(F)cc1. The van der Waals surface area contributed by atoms with Gasteiger partial charge in [0.15, 0.2) is 0 Å². The maximum absolute atomic E-state index is 12.6. The molecule has 0 heterocycles. The minimum Gasteiger partial charge on any atom is -0.450 e. The Morgan fingerprint density at radius 2 is 1.78 bits per heavy atom. The van der Waals surface area contributed by atoms with E-state index < -0.39 is 11.9 Å². The van der Waals surface area contributed by atoms with Crippen molar-refractivity contribution in [1.29, 1.82) is 0 Å². The van der Waals surface area contributed by atoms with Gasteiger partial charge in [0.2, 0.25) is 0 Å². The lowest BCUT2D eigenvalue weighted by Crippen LogP contribution is -2.34. The Kier molecular flexibility index (Phi) is 5.63. The second kappa shape index (κ2) is 7.26. The molecule has 0 atom stereocenters. The van der Waals surface area contributed by atoms with Crippen molar-refractivity contribution in [3.05, 3.63) is 35.6 Å². The van der Waals surface area contributed by atoms with Gasteiger partial charge >= 0.3 is 6.09 Å². The lowest BCUT2D eigenvalue weighted by Gasteiger charge is -2.07. The molecule has 0 aromatic heterocycles. The van der Waals surface area contributed by atoms with Gasteiger partial charge in [-0.2, -0.15) is 0 Å².